The molecule has 2 heteroatoms. The molecule has 0 saturated heterocycles. The molecule has 0 aliphatic heterocycles. The molecular weight excluding hydrogens is 166 g/mol. The van der Waals surface area contributed by atoms with Crippen LogP contribution in [-0.4, -0.2) is 18.5 Å². The van der Waals surface area contributed by atoms with Crippen LogP contribution in [0.4, 0.5) is 0 Å². The van der Waals surface area contributed by atoms with Crippen molar-refractivity contribution in [1.29, 1.82) is 0 Å². The highest BCUT2D eigenvalue weighted by atomic mass is 32.1. The fourth-order valence-electron chi connectivity index (χ4n) is 0.833. The molecule has 0 fully saturated rings. The van der Waals surface area contributed by atoms with Crippen LogP contribution >= 0.6 is 12.6 Å². The molecule has 12 heavy (non-hydrogen) atoms. The number of aliphatic imine (C=N–C) groups is 1. The van der Waals surface area contributed by atoms with Crippen LogP contribution in [0.25, 0.3) is 0 Å². The van der Waals surface area contributed by atoms with E-state index in [2.05, 4.69) is 44.5 Å². The Bertz CT molecular complexity index is 182. The SMILES string of the molecule is CN=C(C)C(C)C/C=C(/C)CS. The predicted molar refractivity (Wildman–Crippen MR) is 60.4 cm³/mol. The normalized spacial score (nSPS) is 16.4. The van der Waals surface area contributed by atoms with E-state index in [0.29, 0.717) is 5.92 Å². The summed E-state index contributed by atoms with van der Waals surface area (Å²) in [5, 5.41) is 0. The Morgan fingerprint density at radius 3 is 2.50 bits per heavy atom. The number of allylic oxidation sites excluding steroid dienone is 1. The average Bonchev–Trinajstić information content (AvgIpc) is 2.11. The molecule has 1 nitrogen and oxygen atoms in total. The number of thiol groups is 1. The van der Waals surface area contributed by atoms with Gasteiger partial charge in [-0.05, 0) is 26.2 Å². The monoisotopic (exact) mass is 185 g/mol. The quantitative estimate of drug-likeness (QED) is 0.393. The summed E-state index contributed by atoms with van der Waals surface area (Å²) in [5.74, 6) is 1.42. The van der Waals surface area contributed by atoms with Crippen molar-refractivity contribution in [2.75, 3.05) is 12.8 Å². The minimum Gasteiger partial charge on any atom is -0.297 e. The van der Waals surface area contributed by atoms with Crippen LogP contribution < -0.4 is 0 Å². The van der Waals surface area contributed by atoms with E-state index >= 15 is 0 Å². The smallest absolute Gasteiger partial charge is 0.0276 e. The average molecular weight is 185 g/mol. The molecule has 0 bridgehead atoms. The van der Waals surface area contributed by atoms with Crippen molar-refractivity contribution in [1.82, 2.24) is 0 Å². The van der Waals surface area contributed by atoms with Gasteiger partial charge in [0.05, 0.1) is 0 Å². The van der Waals surface area contributed by atoms with Crippen LogP contribution in [0, 0.1) is 5.92 Å². The number of nitrogens with zero attached hydrogens (tertiary/aromatic N) is 1. The third-order valence-corrected chi connectivity index (χ3v) is 2.63. The molecule has 1 atom stereocenters. The summed E-state index contributed by atoms with van der Waals surface area (Å²) >= 11 is 4.19. The van der Waals surface area contributed by atoms with Crippen LogP contribution in [0.5, 0.6) is 0 Å². The van der Waals surface area contributed by atoms with Crippen molar-refractivity contribution in [3.8, 4) is 0 Å². The molecule has 0 aromatic carbocycles. The van der Waals surface area contributed by atoms with Gasteiger partial charge < -0.3 is 0 Å². The zero-order valence-electron chi connectivity index (χ0n) is 8.46. The molecule has 70 valence electrons. The van der Waals surface area contributed by atoms with Gasteiger partial charge in [0.15, 0.2) is 0 Å². The maximum absolute atomic E-state index is 4.19. The van der Waals surface area contributed by atoms with Crippen LogP contribution in [0.1, 0.15) is 27.2 Å². The largest absolute Gasteiger partial charge is 0.297 e. The van der Waals surface area contributed by atoms with E-state index < -0.39 is 0 Å². The molecule has 0 aromatic rings. The summed E-state index contributed by atoms with van der Waals surface area (Å²) in [6, 6.07) is 0. The van der Waals surface area contributed by atoms with Gasteiger partial charge in [0.1, 0.15) is 0 Å². The Hall–Kier alpha value is -0.240. The predicted octanol–water partition coefficient (Wildman–Crippen LogP) is 2.98. The molecule has 0 radical (unpaired) electrons. The maximum atomic E-state index is 4.19. The number of rotatable bonds is 4. The van der Waals surface area contributed by atoms with Crippen molar-refractivity contribution in [3.05, 3.63) is 11.6 Å². The molecule has 0 amide bonds. The molecule has 0 heterocycles. The first-order valence-electron chi connectivity index (χ1n) is 4.31. The van der Waals surface area contributed by atoms with Crippen LogP contribution in [0.2, 0.25) is 0 Å². The van der Waals surface area contributed by atoms with Crippen LogP contribution in [-0.2, 0) is 0 Å². The topological polar surface area (TPSA) is 12.4 Å². The van der Waals surface area contributed by atoms with Gasteiger partial charge in [-0.15, -0.1) is 0 Å². The molecule has 0 spiro atoms. The number of hydrogen-bond donors (Lipinski definition) is 1. The van der Waals surface area contributed by atoms with E-state index in [4.69, 9.17) is 0 Å². The molecule has 0 N–H and O–H groups in total. The summed E-state index contributed by atoms with van der Waals surface area (Å²) in [7, 11) is 1.85. The van der Waals surface area contributed by atoms with Gasteiger partial charge >= 0.3 is 0 Å². The van der Waals surface area contributed by atoms with Gasteiger partial charge in [0.25, 0.3) is 0 Å². The van der Waals surface area contributed by atoms with E-state index in [-0.39, 0.29) is 0 Å². The lowest BCUT2D eigenvalue weighted by Gasteiger charge is -2.07. The Balaban J connectivity index is 3.94. The molecule has 0 aliphatic carbocycles. The zero-order valence-corrected chi connectivity index (χ0v) is 9.36. The Kier molecular flexibility index (Phi) is 6.17. The third kappa shape index (κ3) is 4.60. The van der Waals surface area contributed by atoms with E-state index in [9.17, 15) is 0 Å². The molecular formula is C10H19NS. The Morgan fingerprint density at radius 1 is 1.50 bits per heavy atom. The molecule has 0 aromatic heterocycles. The highest BCUT2D eigenvalue weighted by Gasteiger charge is 2.02. The van der Waals surface area contributed by atoms with Crippen molar-refractivity contribution in [2.45, 2.75) is 27.2 Å². The summed E-state index contributed by atoms with van der Waals surface area (Å²) < 4.78 is 0. The maximum Gasteiger partial charge on any atom is 0.0276 e. The second-order valence-electron chi connectivity index (χ2n) is 3.21. The van der Waals surface area contributed by atoms with Crippen molar-refractivity contribution in [3.63, 3.8) is 0 Å². The summed E-state index contributed by atoms with van der Waals surface area (Å²) in [6.45, 7) is 6.39. The fraction of sp³-hybridized carbons (Fsp3) is 0.700. The zero-order chi connectivity index (χ0) is 9.56. The fourth-order valence-corrected chi connectivity index (χ4v) is 0.963. The molecule has 0 saturated carbocycles. The minimum atomic E-state index is 0.560. The van der Waals surface area contributed by atoms with E-state index in [0.717, 1.165) is 12.2 Å². The lowest BCUT2D eigenvalue weighted by molar-refractivity contribution is 0.780. The van der Waals surface area contributed by atoms with Crippen molar-refractivity contribution >= 4 is 18.3 Å². The first-order valence-corrected chi connectivity index (χ1v) is 4.94. The van der Waals surface area contributed by atoms with Crippen LogP contribution in [0.15, 0.2) is 16.6 Å². The second kappa shape index (κ2) is 6.30. The summed E-state index contributed by atoms with van der Waals surface area (Å²) in [6.07, 6.45) is 3.32. The van der Waals surface area contributed by atoms with E-state index in [1.54, 1.807) is 0 Å². The highest BCUT2D eigenvalue weighted by molar-refractivity contribution is 7.80. The van der Waals surface area contributed by atoms with Gasteiger partial charge in [-0.25, -0.2) is 0 Å². The Labute approximate surface area is 81.4 Å². The lowest BCUT2D eigenvalue weighted by atomic mass is 10.0. The lowest BCUT2D eigenvalue weighted by Crippen LogP contribution is -2.05. The second-order valence-corrected chi connectivity index (χ2v) is 3.53. The molecule has 0 rings (SSSR count). The third-order valence-electron chi connectivity index (χ3n) is 2.14. The first kappa shape index (κ1) is 11.8. The first-order chi connectivity index (χ1) is 5.61. The Morgan fingerprint density at radius 2 is 2.08 bits per heavy atom. The van der Waals surface area contributed by atoms with Gasteiger partial charge in [-0.1, -0.05) is 18.6 Å². The van der Waals surface area contributed by atoms with Gasteiger partial charge in [-0.2, -0.15) is 12.6 Å². The molecule has 1 unspecified atom stereocenters. The van der Waals surface area contributed by atoms with Gasteiger partial charge in [-0.3, -0.25) is 4.99 Å². The van der Waals surface area contributed by atoms with E-state index in [1.807, 2.05) is 7.05 Å². The minimum absolute atomic E-state index is 0.560. The van der Waals surface area contributed by atoms with Crippen molar-refractivity contribution in [2.24, 2.45) is 10.9 Å². The standard InChI is InChI=1S/C10H19NS/c1-8(7-12)5-6-9(2)10(3)11-4/h5,9,12H,6-7H2,1-4H3/b8-5-,11-10?. The molecule has 0 aliphatic rings. The van der Waals surface area contributed by atoms with Gasteiger partial charge in [0, 0.05) is 18.5 Å². The van der Waals surface area contributed by atoms with Crippen molar-refractivity contribution < 1.29 is 0 Å². The number of hydrogen-bond acceptors (Lipinski definition) is 2. The van der Waals surface area contributed by atoms with Gasteiger partial charge in [0.2, 0.25) is 0 Å². The van der Waals surface area contributed by atoms with E-state index in [1.165, 1.54) is 11.3 Å². The summed E-state index contributed by atoms with van der Waals surface area (Å²) in [5.41, 5.74) is 2.56. The summed E-state index contributed by atoms with van der Waals surface area (Å²) in [4.78, 5) is 4.16. The van der Waals surface area contributed by atoms with Crippen LogP contribution in [0.3, 0.4) is 0 Å². The highest BCUT2D eigenvalue weighted by Crippen LogP contribution is 2.08.